The third-order valence-corrected chi connectivity index (χ3v) is 4.83. The molecule has 0 fully saturated rings. The van der Waals surface area contributed by atoms with Gasteiger partial charge in [0.25, 0.3) is 11.5 Å². The Morgan fingerprint density at radius 2 is 1.96 bits per heavy atom. The number of nitro benzene ring substituents is 1. The summed E-state index contributed by atoms with van der Waals surface area (Å²) in [6, 6.07) is 12.1. The fourth-order valence-corrected chi connectivity index (χ4v) is 3.54. The van der Waals surface area contributed by atoms with Crippen LogP contribution in [0.3, 0.4) is 0 Å². The molecule has 1 aromatic heterocycles. The molecule has 2 aromatic carbocycles. The number of halogens is 2. The summed E-state index contributed by atoms with van der Waals surface area (Å²) in [5.41, 5.74) is 2.05. The minimum absolute atomic E-state index is 0. The summed E-state index contributed by atoms with van der Waals surface area (Å²) < 4.78 is 17.3. The second kappa shape index (κ2) is 8.02. The van der Waals surface area contributed by atoms with Crippen LogP contribution in [0.1, 0.15) is 22.6 Å². The highest BCUT2D eigenvalue weighted by atomic mass is 79.9. The fraction of sp³-hybridized carbons (Fsp3) is 0.200. The highest BCUT2D eigenvalue weighted by Crippen LogP contribution is 2.25. The van der Waals surface area contributed by atoms with Gasteiger partial charge in [-0.3, -0.25) is 14.9 Å². The average molecular weight is 446 g/mol. The van der Waals surface area contributed by atoms with Gasteiger partial charge in [0.05, 0.1) is 17.9 Å². The van der Waals surface area contributed by atoms with Crippen LogP contribution in [0.15, 0.2) is 54.7 Å². The summed E-state index contributed by atoms with van der Waals surface area (Å²) in [5, 5.41) is 10.9. The van der Waals surface area contributed by atoms with Gasteiger partial charge in [-0.15, -0.1) is 0 Å². The standard InChI is InChI=1S/C20H17FN3O3.BrH/c21-16-8-6-14(7-9-16)18-12-22(20-5-2-10-23(18)20)13-19(25)15-3-1-4-17(11-15)24(26)27;/h1,3-4,6-9,11-12H,2,5,10,13H2;1H/q+1;/p-1. The topological polar surface area (TPSA) is 69.0 Å². The van der Waals surface area contributed by atoms with E-state index in [2.05, 4.69) is 4.57 Å². The van der Waals surface area contributed by atoms with Crippen molar-refractivity contribution in [2.24, 2.45) is 0 Å². The van der Waals surface area contributed by atoms with E-state index in [1.54, 1.807) is 18.2 Å². The van der Waals surface area contributed by atoms with Crippen LogP contribution in [0, 0.1) is 15.9 Å². The van der Waals surface area contributed by atoms with Crippen LogP contribution in [-0.2, 0) is 19.5 Å². The van der Waals surface area contributed by atoms with Crippen LogP contribution in [0.4, 0.5) is 10.1 Å². The molecule has 0 saturated carbocycles. The van der Waals surface area contributed by atoms with Crippen molar-refractivity contribution in [2.45, 2.75) is 25.9 Å². The molecule has 3 aromatic rings. The maximum atomic E-state index is 13.2. The summed E-state index contributed by atoms with van der Waals surface area (Å²) >= 11 is 0. The molecule has 8 heteroatoms. The highest BCUT2D eigenvalue weighted by molar-refractivity contribution is 5.95. The van der Waals surface area contributed by atoms with Gasteiger partial charge in [-0.25, -0.2) is 13.5 Å². The predicted octanol–water partition coefficient (Wildman–Crippen LogP) is 0.323. The average Bonchev–Trinajstić information content (AvgIpc) is 3.26. The van der Waals surface area contributed by atoms with Crippen molar-refractivity contribution in [2.75, 3.05) is 0 Å². The van der Waals surface area contributed by atoms with Gasteiger partial charge in [-0.05, 0) is 30.7 Å². The number of nitro groups is 1. The van der Waals surface area contributed by atoms with Gasteiger partial charge in [0, 0.05) is 23.3 Å². The smallest absolute Gasteiger partial charge is 0.270 e. The lowest BCUT2D eigenvalue weighted by atomic mass is 10.1. The van der Waals surface area contributed by atoms with Crippen LogP contribution >= 0.6 is 0 Å². The van der Waals surface area contributed by atoms with Crippen molar-refractivity contribution < 1.29 is 35.7 Å². The molecular weight excluding hydrogens is 429 g/mol. The van der Waals surface area contributed by atoms with E-state index in [0.717, 1.165) is 36.5 Å². The first kappa shape index (κ1) is 19.9. The molecule has 144 valence electrons. The second-order valence-electron chi connectivity index (χ2n) is 6.55. The molecule has 4 rings (SSSR count). The number of non-ortho nitro benzene ring substituents is 1. The molecule has 0 saturated heterocycles. The Labute approximate surface area is 171 Å². The number of hydrogen-bond acceptors (Lipinski definition) is 3. The number of Topliss-reactive ketones (excluding diaryl/α,β-unsaturated/α-hetero) is 1. The lowest BCUT2D eigenvalue weighted by Crippen LogP contribution is -3.00. The van der Waals surface area contributed by atoms with Crippen LogP contribution in [0.25, 0.3) is 11.3 Å². The molecule has 2 heterocycles. The molecule has 0 atom stereocenters. The molecular formula is C20H17BrFN3O3. The van der Waals surface area contributed by atoms with E-state index >= 15 is 0 Å². The van der Waals surface area contributed by atoms with E-state index in [0.29, 0.717) is 5.56 Å². The molecule has 28 heavy (non-hydrogen) atoms. The van der Waals surface area contributed by atoms with Crippen molar-refractivity contribution in [3.63, 3.8) is 0 Å². The third-order valence-electron chi connectivity index (χ3n) is 4.83. The van der Waals surface area contributed by atoms with Gasteiger partial charge in [0.1, 0.15) is 12.0 Å². The number of aromatic nitrogens is 2. The summed E-state index contributed by atoms with van der Waals surface area (Å²) in [7, 11) is 0. The Kier molecular flexibility index (Phi) is 5.69. The quantitative estimate of drug-likeness (QED) is 0.246. The number of benzene rings is 2. The van der Waals surface area contributed by atoms with Crippen LogP contribution in [0.2, 0.25) is 0 Å². The third kappa shape index (κ3) is 3.73. The number of fused-ring (bicyclic) bond motifs is 1. The molecule has 0 aliphatic carbocycles. The lowest BCUT2D eigenvalue weighted by Gasteiger charge is -2.00. The van der Waals surface area contributed by atoms with Crippen molar-refractivity contribution >= 4 is 11.5 Å². The van der Waals surface area contributed by atoms with Gasteiger partial charge in [0.15, 0.2) is 12.2 Å². The number of nitrogens with zero attached hydrogens (tertiary/aromatic N) is 3. The largest absolute Gasteiger partial charge is 1.00 e. The van der Waals surface area contributed by atoms with Crippen LogP contribution in [-0.4, -0.2) is 15.3 Å². The van der Waals surface area contributed by atoms with Gasteiger partial charge >= 0.3 is 0 Å². The zero-order valence-corrected chi connectivity index (χ0v) is 16.4. The molecule has 6 nitrogen and oxygen atoms in total. The minimum atomic E-state index is -0.507. The fourth-order valence-electron chi connectivity index (χ4n) is 3.54. The Morgan fingerprint density at radius 3 is 2.68 bits per heavy atom. The van der Waals surface area contributed by atoms with Gasteiger partial charge in [-0.1, -0.05) is 12.1 Å². The molecule has 0 unspecified atom stereocenters. The summed E-state index contributed by atoms with van der Waals surface area (Å²) in [5.74, 6) is 0.559. The SMILES string of the molecule is O=C(C[n+]1cc(-c2ccc(F)cc2)n2c1CCC2)c1cccc([N+](=O)[O-])c1.[Br-]. The molecule has 0 radical (unpaired) electrons. The molecule has 1 aliphatic heterocycles. The van der Waals surface area contributed by atoms with Gasteiger partial charge in [0.2, 0.25) is 5.78 Å². The maximum absolute atomic E-state index is 13.2. The van der Waals surface area contributed by atoms with E-state index in [4.69, 9.17) is 0 Å². The van der Waals surface area contributed by atoms with Crippen LogP contribution in [0.5, 0.6) is 0 Å². The number of ketones is 1. The van der Waals surface area contributed by atoms with Crippen molar-refractivity contribution in [1.29, 1.82) is 0 Å². The molecule has 1 aliphatic rings. The van der Waals surface area contributed by atoms with E-state index in [1.165, 1.54) is 30.3 Å². The number of carbonyl (C=O) groups is 1. The Morgan fingerprint density at radius 1 is 1.21 bits per heavy atom. The molecule has 0 N–H and O–H groups in total. The summed E-state index contributed by atoms with van der Waals surface area (Å²) in [4.78, 5) is 23.1. The number of carbonyl (C=O) groups excluding carboxylic acids is 1. The minimum Gasteiger partial charge on any atom is -1.00 e. The zero-order chi connectivity index (χ0) is 19.0. The Hall–Kier alpha value is -2.87. The number of rotatable bonds is 5. The van der Waals surface area contributed by atoms with Crippen molar-refractivity contribution in [3.05, 3.63) is 82.0 Å². The summed E-state index contributed by atoms with van der Waals surface area (Å²) in [6.07, 6.45) is 3.73. The predicted molar refractivity (Wildman–Crippen MR) is 95.8 cm³/mol. The van der Waals surface area contributed by atoms with Crippen molar-refractivity contribution in [1.82, 2.24) is 4.57 Å². The Balaban J connectivity index is 0.00000225. The molecule has 0 bridgehead atoms. The molecule has 0 spiro atoms. The first-order chi connectivity index (χ1) is 13.0. The number of hydrogen-bond donors (Lipinski definition) is 0. The summed E-state index contributed by atoms with van der Waals surface area (Å²) in [6.45, 7) is 0.956. The van der Waals surface area contributed by atoms with E-state index in [9.17, 15) is 19.3 Å². The van der Waals surface area contributed by atoms with E-state index in [1.807, 2.05) is 10.8 Å². The first-order valence-electron chi connectivity index (χ1n) is 8.68. The molecule has 0 amide bonds. The zero-order valence-electron chi connectivity index (χ0n) is 14.8. The Bertz CT molecular complexity index is 1050. The highest BCUT2D eigenvalue weighted by Gasteiger charge is 2.30. The van der Waals surface area contributed by atoms with Crippen LogP contribution < -0.4 is 21.5 Å². The number of imidazole rings is 1. The van der Waals surface area contributed by atoms with Crippen molar-refractivity contribution in [3.8, 4) is 11.3 Å². The van der Waals surface area contributed by atoms with Gasteiger partial charge < -0.3 is 17.0 Å². The van der Waals surface area contributed by atoms with Gasteiger partial charge in [-0.2, -0.15) is 0 Å². The van der Waals surface area contributed by atoms with E-state index in [-0.39, 0.29) is 40.8 Å². The second-order valence-corrected chi connectivity index (χ2v) is 6.55. The maximum Gasteiger partial charge on any atom is 0.270 e. The van der Waals surface area contributed by atoms with E-state index < -0.39 is 4.92 Å². The monoisotopic (exact) mass is 445 g/mol. The first-order valence-corrected chi connectivity index (χ1v) is 8.68. The normalized spacial score (nSPS) is 12.3. The lowest BCUT2D eigenvalue weighted by molar-refractivity contribution is -0.689.